The van der Waals surface area contributed by atoms with Crippen molar-refractivity contribution in [3.8, 4) is 0 Å². The maximum atomic E-state index is 4.62. The molecular formula is C22H38N2. The van der Waals surface area contributed by atoms with Gasteiger partial charge < -0.3 is 4.90 Å². The van der Waals surface area contributed by atoms with Gasteiger partial charge in [0.1, 0.15) is 5.82 Å². The third-order valence-corrected chi connectivity index (χ3v) is 5.58. The van der Waals surface area contributed by atoms with E-state index in [1.165, 1.54) is 89.3 Å². The van der Waals surface area contributed by atoms with Crippen LogP contribution in [0.4, 0.5) is 5.82 Å². The van der Waals surface area contributed by atoms with Crippen molar-refractivity contribution in [1.82, 2.24) is 4.98 Å². The smallest absolute Gasteiger partial charge is 0.128 e. The minimum absolute atomic E-state index is 0.636. The molecule has 1 saturated heterocycles. The summed E-state index contributed by atoms with van der Waals surface area (Å²) in [5.74, 6) is 1.19. The Balaban J connectivity index is 1.67. The minimum atomic E-state index is 0.636. The second-order valence-corrected chi connectivity index (χ2v) is 7.65. The highest BCUT2D eigenvalue weighted by Crippen LogP contribution is 2.30. The Morgan fingerprint density at radius 1 is 0.958 bits per heavy atom. The molecule has 2 nitrogen and oxygen atoms in total. The van der Waals surface area contributed by atoms with Crippen LogP contribution < -0.4 is 4.90 Å². The topological polar surface area (TPSA) is 16.1 Å². The van der Waals surface area contributed by atoms with E-state index in [4.69, 9.17) is 0 Å². The number of hydrogen-bond donors (Lipinski definition) is 0. The molecule has 0 amide bonds. The molecule has 0 N–H and O–H groups in total. The van der Waals surface area contributed by atoms with Crippen LogP contribution in [0.2, 0.25) is 0 Å². The van der Waals surface area contributed by atoms with E-state index in [1.54, 1.807) is 0 Å². The van der Waals surface area contributed by atoms with E-state index in [0.29, 0.717) is 12.1 Å². The van der Waals surface area contributed by atoms with Gasteiger partial charge in [-0.1, -0.05) is 70.8 Å². The summed E-state index contributed by atoms with van der Waals surface area (Å²) in [6.07, 6.45) is 20.1. The molecule has 0 saturated carbocycles. The SMILES string of the molecule is CCCCCCCCCCC[C@@H]1CCC[C@@H](C)N1c1ccccn1. The third-order valence-electron chi connectivity index (χ3n) is 5.58. The van der Waals surface area contributed by atoms with Crippen molar-refractivity contribution >= 4 is 5.82 Å². The van der Waals surface area contributed by atoms with Crippen LogP contribution in [-0.2, 0) is 0 Å². The van der Waals surface area contributed by atoms with Crippen molar-refractivity contribution in [2.45, 2.75) is 109 Å². The number of pyridine rings is 1. The van der Waals surface area contributed by atoms with E-state index < -0.39 is 0 Å². The van der Waals surface area contributed by atoms with Crippen molar-refractivity contribution in [1.29, 1.82) is 0 Å². The molecule has 1 aliphatic heterocycles. The highest BCUT2D eigenvalue weighted by molar-refractivity contribution is 5.41. The van der Waals surface area contributed by atoms with E-state index in [2.05, 4.69) is 35.9 Å². The lowest BCUT2D eigenvalue weighted by atomic mass is 9.92. The first-order chi connectivity index (χ1) is 11.8. The summed E-state index contributed by atoms with van der Waals surface area (Å²) in [6.45, 7) is 4.66. The van der Waals surface area contributed by atoms with Crippen LogP contribution in [0.3, 0.4) is 0 Å². The Morgan fingerprint density at radius 3 is 2.33 bits per heavy atom. The van der Waals surface area contributed by atoms with E-state index in [-0.39, 0.29) is 0 Å². The van der Waals surface area contributed by atoms with E-state index in [9.17, 15) is 0 Å². The maximum absolute atomic E-state index is 4.62. The monoisotopic (exact) mass is 330 g/mol. The Morgan fingerprint density at radius 2 is 1.67 bits per heavy atom. The van der Waals surface area contributed by atoms with Gasteiger partial charge in [0.15, 0.2) is 0 Å². The van der Waals surface area contributed by atoms with Gasteiger partial charge in [0.25, 0.3) is 0 Å². The van der Waals surface area contributed by atoms with Gasteiger partial charge in [0.2, 0.25) is 0 Å². The van der Waals surface area contributed by atoms with E-state index >= 15 is 0 Å². The average Bonchev–Trinajstić information content (AvgIpc) is 2.61. The molecule has 2 rings (SSSR count). The molecule has 0 unspecified atom stereocenters. The number of rotatable bonds is 11. The molecule has 1 aromatic heterocycles. The molecule has 0 spiro atoms. The number of hydrogen-bond acceptors (Lipinski definition) is 2. The van der Waals surface area contributed by atoms with Crippen molar-refractivity contribution < 1.29 is 0 Å². The van der Waals surface area contributed by atoms with Crippen LogP contribution in [0.25, 0.3) is 0 Å². The van der Waals surface area contributed by atoms with Gasteiger partial charge in [-0.25, -0.2) is 4.98 Å². The molecule has 24 heavy (non-hydrogen) atoms. The Hall–Kier alpha value is -1.05. The zero-order chi connectivity index (χ0) is 17.0. The Bertz CT molecular complexity index is 417. The van der Waals surface area contributed by atoms with Crippen LogP contribution >= 0.6 is 0 Å². The zero-order valence-corrected chi connectivity index (χ0v) is 16.1. The first kappa shape index (κ1) is 19.3. The largest absolute Gasteiger partial charge is 0.351 e. The third kappa shape index (κ3) is 6.45. The Kier molecular flexibility index (Phi) is 9.23. The van der Waals surface area contributed by atoms with Crippen molar-refractivity contribution in [2.75, 3.05) is 4.90 Å². The van der Waals surface area contributed by atoms with Gasteiger partial charge in [-0.05, 0) is 44.7 Å². The van der Waals surface area contributed by atoms with Crippen molar-refractivity contribution in [2.24, 2.45) is 0 Å². The number of nitrogens with zero attached hydrogens (tertiary/aromatic N) is 2. The molecule has 0 bridgehead atoms. The summed E-state index contributed by atoms with van der Waals surface area (Å²) in [4.78, 5) is 7.23. The molecule has 0 aliphatic carbocycles. The highest BCUT2D eigenvalue weighted by Gasteiger charge is 2.28. The predicted octanol–water partition coefficient (Wildman–Crippen LogP) is 6.75. The van der Waals surface area contributed by atoms with Crippen LogP contribution in [0, 0.1) is 0 Å². The van der Waals surface area contributed by atoms with Gasteiger partial charge in [0.05, 0.1) is 0 Å². The lowest BCUT2D eigenvalue weighted by Gasteiger charge is -2.42. The fourth-order valence-corrected chi connectivity index (χ4v) is 4.18. The van der Waals surface area contributed by atoms with Crippen molar-refractivity contribution in [3.05, 3.63) is 24.4 Å². The molecule has 1 aromatic rings. The second-order valence-electron chi connectivity index (χ2n) is 7.65. The molecule has 0 aromatic carbocycles. The van der Waals surface area contributed by atoms with Crippen LogP contribution in [0.5, 0.6) is 0 Å². The van der Waals surface area contributed by atoms with Crippen LogP contribution in [0.15, 0.2) is 24.4 Å². The maximum Gasteiger partial charge on any atom is 0.128 e. The summed E-state index contributed by atoms with van der Waals surface area (Å²) in [5, 5.41) is 0. The number of anilines is 1. The number of unbranched alkanes of at least 4 members (excludes halogenated alkanes) is 8. The summed E-state index contributed by atoms with van der Waals surface area (Å²) in [5.41, 5.74) is 0. The fraction of sp³-hybridized carbons (Fsp3) is 0.773. The molecule has 136 valence electrons. The van der Waals surface area contributed by atoms with Gasteiger partial charge >= 0.3 is 0 Å². The summed E-state index contributed by atoms with van der Waals surface area (Å²) < 4.78 is 0. The fourth-order valence-electron chi connectivity index (χ4n) is 4.18. The molecule has 2 heteroatoms. The summed E-state index contributed by atoms with van der Waals surface area (Å²) in [7, 11) is 0. The van der Waals surface area contributed by atoms with Crippen molar-refractivity contribution in [3.63, 3.8) is 0 Å². The average molecular weight is 331 g/mol. The van der Waals surface area contributed by atoms with Gasteiger partial charge in [0, 0.05) is 18.3 Å². The second kappa shape index (κ2) is 11.5. The van der Waals surface area contributed by atoms with Gasteiger partial charge in [-0.15, -0.1) is 0 Å². The molecule has 1 fully saturated rings. The van der Waals surface area contributed by atoms with E-state index in [0.717, 1.165) is 0 Å². The standard InChI is InChI=1S/C22H38N2/c1-3-4-5-6-7-8-9-10-11-16-21-17-14-15-20(2)24(21)22-18-12-13-19-23-22/h12-13,18-21H,3-11,14-17H2,1-2H3/t20-,21-/m1/s1. The molecule has 1 aliphatic rings. The zero-order valence-electron chi connectivity index (χ0n) is 16.1. The lowest BCUT2D eigenvalue weighted by Crippen LogP contribution is -2.45. The molecular weight excluding hydrogens is 292 g/mol. The normalized spacial score (nSPS) is 21.2. The van der Waals surface area contributed by atoms with Crippen LogP contribution in [0.1, 0.15) is 97.3 Å². The number of aromatic nitrogens is 1. The summed E-state index contributed by atoms with van der Waals surface area (Å²) in [6, 6.07) is 7.67. The highest BCUT2D eigenvalue weighted by atomic mass is 15.2. The molecule has 2 atom stereocenters. The quantitative estimate of drug-likeness (QED) is 0.417. The first-order valence-corrected chi connectivity index (χ1v) is 10.5. The van der Waals surface area contributed by atoms with E-state index in [1.807, 2.05) is 12.3 Å². The number of piperidine rings is 1. The Labute approximate surface area is 150 Å². The van der Waals surface area contributed by atoms with Crippen LogP contribution in [-0.4, -0.2) is 17.1 Å². The van der Waals surface area contributed by atoms with Gasteiger partial charge in [-0.3, -0.25) is 0 Å². The first-order valence-electron chi connectivity index (χ1n) is 10.5. The molecule has 0 radical (unpaired) electrons. The predicted molar refractivity (Wildman–Crippen MR) is 106 cm³/mol. The van der Waals surface area contributed by atoms with Gasteiger partial charge in [-0.2, -0.15) is 0 Å². The lowest BCUT2D eigenvalue weighted by molar-refractivity contribution is 0.368. The molecule has 2 heterocycles. The summed E-state index contributed by atoms with van der Waals surface area (Å²) >= 11 is 0. The minimum Gasteiger partial charge on any atom is -0.351 e.